The van der Waals surface area contributed by atoms with E-state index in [9.17, 15) is 19.7 Å². The molecular weight excluding hydrogens is 530 g/mol. The number of amides is 1. The number of ether oxygens (including phenoxy) is 2. The minimum atomic E-state index is -1.14. The standard InChI is InChI=1S/C19H13BrClN3O7S/c1-30-14-5-9(4-11(20)17(14)31-8-16(25)26)6-15-18(27)23-19(32-15)22-12-3-2-10(21)7-13(12)24(28)29/h2-7H,8H2,1H3,(H,25,26)(H,22,23,27)/b15-6+. The van der Waals surface area contributed by atoms with Crippen LogP contribution in [0.2, 0.25) is 5.02 Å². The Morgan fingerprint density at radius 2 is 2.16 bits per heavy atom. The van der Waals surface area contributed by atoms with Crippen LogP contribution in [-0.2, 0) is 9.59 Å². The summed E-state index contributed by atoms with van der Waals surface area (Å²) in [5.74, 6) is -1.11. The van der Waals surface area contributed by atoms with Gasteiger partial charge in [0.2, 0.25) is 0 Å². The van der Waals surface area contributed by atoms with Gasteiger partial charge in [-0.15, -0.1) is 0 Å². The smallest absolute Gasteiger partial charge is 0.341 e. The normalized spacial score (nSPS) is 15.7. The predicted molar refractivity (Wildman–Crippen MR) is 123 cm³/mol. The van der Waals surface area contributed by atoms with Crippen LogP contribution in [0.4, 0.5) is 11.4 Å². The molecule has 2 aromatic rings. The number of nitro benzene ring substituents is 1. The lowest BCUT2D eigenvalue weighted by Crippen LogP contribution is -2.19. The molecule has 3 rings (SSSR count). The first-order chi connectivity index (χ1) is 15.2. The van der Waals surface area contributed by atoms with Crippen molar-refractivity contribution in [1.82, 2.24) is 5.32 Å². The Morgan fingerprint density at radius 3 is 2.81 bits per heavy atom. The number of carboxylic acids is 1. The maximum absolute atomic E-state index is 12.4. The number of rotatable bonds is 7. The number of amidine groups is 1. The molecule has 0 unspecified atom stereocenters. The molecule has 166 valence electrons. The largest absolute Gasteiger partial charge is 0.493 e. The van der Waals surface area contributed by atoms with E-state index in [1.807, 2.05) is 0 Å². The molecule has 0 aromatic heterocycles. The van der Waals surface area contributed by atoms with Crippen LogP contribution in [0.5, 0.6) is 11.5 Å². The third kappa shape index (κ3) is 5.58. The highest BCUT2D eigenvalue weighted by molar-refractivity contribution is 9.10. The van der Waals surface area contributed by atoms with E-state index in [0.717, 1.165) is 11.8 Å². The number of thioether (sulfide) groups is 1. The van der Waals surface area contributed by atoms with Crippen molar-refractivity contribution in [1.29, 1.82) is 0 Å². The van der Waals surface area contributed by atoms with Gasteiger partial charge in [-0.25, -0.2) is 9.79 Å². The van der Waals surface area contributed by atoms with E-state index in [-0.39, 0.29) is 38.0 Å². The van der Waals surface area contributed by atoms with Crippen molar-refractivity contribution in [3.8, 4) is 11.5 Å². The second-order valence-electron chi connectivity index (χ2n) is 6.09. The molecule has 13 heteroatoms. The molecule has 2 N–H and O–H groups in total. The lowest BCUT2D eigenvalue weighted by Gasteiger charge is -2.12. The molecule has 0 atom stereocenters. The molecule has 0 radical (unpaired) electrons. The van der Waals surface area contributed by atoms with Crippen molar-refractivity contribution >= 4 is 73.8 Å². The first-order valence-electron chi connectivity index (χ1n) is 8.63. The van der Waals surface area contributed by atoms with Crippen LogP contribution >= 0.6 is 39.3 Å². The van der Waals surface area contributed by atoms with Crippen LogP contribution < -0.4 is 14.8 Å². The van der Waals surface area contributed by atoms with Gasteiger partial charge in [0.05, 0.1) is 21.4 Å². The summed E-state index contributed by atoms with van der Waals surface area (Å²) in [5, 5.41) is 23.0. The van der Waals surface area contributed by atoms with Crippen LogP contribution in [0.1, 0.15) is 5.56 Å². The first kappa shape index (κ1) is 23.6. The Morgan fingerprint density at radius 1 is 1.41 bits per heavy atom. The van der Waals surface area contributed by atoms with Crippen molar-refractivity contribution in [2.24, 2.45) is 4.99 Å². The molecule has 0 spiro atoms. The van der Waals surface area contributed by atoms with Crippen molar-refractivity contribution in [2.45, 2.75) is 0 Å². The molecule has 1 heterocycles. The summed E-state index contributed by atoms with van der Waals surface area (Å²) in [7, 11) is 1.40. The SMILES string of the molecule is COc1cc(/C=C2/SC(=Nc3ccc(Cl)cc3[N+](=O)[O-])NC2=O)cc(Br)c1OCC(=O)O. The Labute approximate surface area is 198 Å². The number of hydrogen-bond donors (Lipinski definition) is 2. The zero-order valence-corrected chi connectivity index (χ0v) is 19.3. The van der Waals surface area contributed by atoms with Gasteiger partial charge >= 0.3 is 5.97 Å². The van der Waals surface area contributed by atoms with Gasteiger partial charge in [0.1, 0.15) is 5.69 Å². The summed E-state index contributed by atoms with van der Waals surface area (Å²) in [5.41, 5.74) is 0.323. The average molecular weight is 543 g/mol. The molecule has 1 aliphatic heterocycles. The molecule has 1 aliphatic rings. The quantitative estimate of drug-likeness (QED) is 0.298. The van der Waals surface area contributed by atoms with Crippen molar-refractivity contribution in [3.63, 3.8) is 0 Å². The Kier molecular flexibility index (Phi) is 7.38. The Bertz CT molecular complexity index is 1190. The van der Waals surface area contributed by atoms with E-state index >= 15 is 0 Å². The number of nitro groups is 1. The topological polar surface area (TPSA) is 140 Å². The molecule has 0 aliphatic carbocycles. The number of nitrogens with one attached hydrogen (secondary N) is 1. The average Bonchev–Trinajstić information content (AvgIpc) is 3.06. The number of aliphatic carboxylic acids is 1. The van der Waals surface area contributed by atoms with Gasteiger partial charge in [-0.2, -0.15) is 0 Å². The second kappa shape index (κ2) is 10.0. The Balaban J connectivity index is 1.89. The number of carbonyl (C=O) groups excluding carboxylic acids is 1. The lowest BCUT2D eigenvalue weighted by atomic mass is 10.2. The molecule has 32 heavy (non-hydrogen) atoms. The van der Waals surface area contributed by atoms with Gasteiger partial charge in [0.15, 0.2) is 23.3 Å². The highest BCUT2D eigenvalue weighted by Crippen LogP contribution is 2.39. The van der Waals surface area contributed by atoms with Crippen molar-refractivity contribution < 1.29 is 29.1 Å². The number of carbonyl (C=O) groups is 2. The summed E-state index contributed by atoms with van der Waals surface area (Å²) in [6, 6.07) is 7.22. The van der Waals surface area contributed by atoms with E-state index in [0.29, 0.717) is 10.0 Å². The fourth-order valence-corrected chi connectivity index (χ4v) is 4.15. The highest BCUT2D eigenvalue weighted by atomic mass is 79.9. The van der Waals surface area contributed by atoms with Gasteiger partial charge in [0, 0.05) is 11.1 Å². The number of benzene rings is 2. The molecule has 1 amide bonds. The minimum Gasteiger partial charge on any atom is -0.493 e. The highest BCUT2D eigenvalue weighted by Gasteiger charge is 2.26. The molecule has 1 saturated heterocycles. The van der Waals surface area contributed by atoms with Crippen molar-refractivity contribution in [2.75, 3.05) is 13.7 Å². The molecule has 2 aromatic carbocycles. The third-order valence-electron chi connectivity index (χ3n) is 3.90. The summed E-state index contributed by atoms with van der Waals surface area (Å²) in [6.07, 6.45) is 1.56. The fraction of sp³-hybridized carbons (Fsp3) is 0.105. The molecule has 0 saturated carbocycles. The molecule has 0 bridgehead atoms. The predicted octanol–water partition coefficient (Wildman–Crippen LogP) is 4.37. The van der Waals surface area contributed by atoms with Gasteiger partial charge in [0.25, 0.3) is 11.6 Å². The van der Waals surface area contributed by atoms with E-state index in [4.69, 9.17) is 26.2 Å². The van der Waals surface area contributed by atoms with Gasteiger partial charge < -0.3 is 19.9 Å². The maximum atomic E-state index is 12.4. The number of carboxylic acid groups (broad SMARTS) is 1. The van der Waals surface area contributed by atoms with E-state index < -0.39 is 23.4 Å². The van der Waals surface area contributed by atoms with E-state index in [1.165, 1.54) is 25.3 Å². The number of hydrogen-bond acceptors (Lipinski definition) is 8. The van der Waals surface area contributed by atoms with Crippen LogP contribution in [0, 0.1) is 10.1 Å². The van der Waals surface area contributed by atoms with Gasteiger partial charge in [-0.05, 0) is 63.6 Å². The summed E-state index contributed by atoms with van der Waals surface area (Å²) >= 11 is 10.1. The molecule has 1 fully saturated rings. The van der Waals surface area contributed by atoms with Crippen LogP contribution in [0.15, 0.2) is 44.7 Å². The number of methoxy groups -OCH3 is 1. The van der Waals surface area contributed by atoms with E-state index in [1.54, 1.807) is 18.2 Å². The second-order valence-corrected chi connectivity index (χ2v) is 8.41. The first-order valence-corrected chi connectivity index (χ1v) is 10.6. The number of halogens is 2. The summed E-state index contributed by atoms with van der Waals surface area (Å²) in [4.78, 5) is 38.2. The van der Waals surface area contributed by atoms with Crippen LogP contribution in [0.25, 0.3) is 6.08 Å². The molecular formula is C19H13BrClN3O7S. The van der Waals surface area contributed by atoms with Crippen molar-refractivity contribution in [3.05, 3.63) is 60.4 Å². The maximum Gasteiger partial charge on any atom is 0.341 e. The lowest BCUT2D eigenvalue weighted by molar-refractivity contribution is -0.384. The molecule has 10 nitrogen and oxygen atoms in total. The summed E-state index contributed by atoms with van der Waals surface area (Å²) < 4.78 is 10.9. The van der Waals surface area contributed by atoms with Crippen LogP contribution in [-0.4, -0.2) is 40.8 Å². The Hall–Kier alpha value is -3.09. The van der Waals surface area contributed by atoms with Gasteiger partial charge in [-0.1, -0.05) is 11.6 Å². The fourth-order valence-electron chi connectivity index (χ4n) is 2.58. The minimum absolute atomic E-state index is 0.0489. The van der Waals surface area contributed by atoms with E-state index in [2.05, 4.69) is 26.2 Å². The van der Waals surface area contributed by atoms with Gasteiger partial charge in [-0.3, -0.25) is 14.9 Å². The van der Waals surface area contributed by atoms with Crippen LogP contribution in [0.3, 0.4) is 0 Å². The zero-order chi connectivity index (χ0) is 23.4. The third-order valence-corrected chi connectivity index (χ3v) is 5.63. The number of nitrogens with zero attached hydrogens (tertiary/aromatic N) is 2. The summed E-state index contributed by atoms with van der Waals surface area (Å²) in [6.45, 7) is -0.551. The number of aliphatic imine (C=N–C) groups is 1. The monoisotopic (exact) mass is 541 g/mol. The zero-order valence-electron chi connectivity index (χ0n) is 16.1.